The SMILES string of the molecule is CC(=O)c1sc(N2C(=O)c3oc4ccccc4c(=O)c3[C@H]2c2cccc(OCc3ccccc3)c2)nc1C. The van der Waals surface area contributed by atoms with Crippen LogP contribution in [-0.2, 0) is 6.61 Å². The first-order valence-electron chi connectivity index (χ1n) is 12.1. The highest BCUT2D eigenvalue weighted by molar-refractivity contribution is 7.17. The van der Waals surface area contributed by atoms with Crippen LogP contribution in [0.15, 0.2) is 88.1 Å². The molecule has 0 N–H and O–H groups in total. The molecule has 8 heteroatoms. The van der Waals surface area contributed by atoms with E-state index in [0.717, 1.165) is 16.9 Å². The zero-order valence-corrected chi connectivity index (χ0v) is 21.5. The third kappa shape index (κ3) is 3.99. The quantitative estimate of drug-likeness (QED) is 0.251. The van der Waals surface area contributed by atoms with Gasteiger partial charge in [-0.05, 0) is 42.3 Å². The lowest BCUT2D eigenvalue weighted by atomic mass is 9.98. The molecule has 1 aliphatic heterocycles. The fraction of sp³-hybridized carbons (Fsp3) is 0.133. The number of hydrogen-bond acceptors (Lipinski definition) is 7. The van der Waals surface area contributed by atoms with Gasteiger partial charge in [0.2, 0.25) is 5.76 Å². The molecule has 0 unspecified atom stereocenters. The largest absolute Gasteiger partial charge is 0.489 e. The molecule has 0 spiro atoms. The number of benzene rings is 3. The Bertz CT molecular complexity index is 1770. The number of aryl methyl sites for hydroxylation is 1. The van der Waals surface area contributed by atoms with Crippen LogP contribution in [0.4, 0.5) is 5.13 Å². The number of rotatable bonds is 6. The lowest BCUT2D eigenvalue weighted by Crippen LogP contribution is -2.29. The number of para-hydroxylation sites is 1. The van der Waals surface area contributed by atoms with Gasteiger partial charge in [0.05, 0.1) is 27.6 Å². The second kappa shape index (κ2) is 9.39. The summed E-state index contributed by atoms with van der Waals surface area (Å²) in [6, 6.07) is 23.2. The van der Waals surface area contributed by atoms with Crippen molar-refractivity contribution in [3.8, 4) is 5.75 Å². The number of ketones is 1. The van der Waals surface area contributed by atoms with Crippen molar-refractivity contribution in [2.75, 3.05) is 4.90 Å². The van der Waals surface area contributed by atoms with E-state index in [2.05, 4.69) is 4.98 Å². The molecule has 38 heavy (non-hydrogen) atoms. The number of thiazole rings is 1. The van der Waals surface area contributed by atoms with Crippen LogP contribution in [0.3, 0.4) is 0 Å². The average molecular weight is 523 g/mol. The van der Waals surface area contributed by atoms with Crippen molar-refractivity contribution < 1.29 is 18.7 Å². The fourth-order valence-corrected chi connectivity index (χ4v) is 5.75. The number of Topliss-reactive ketones (excluding diaryl/α,β-unsaturated/α-hetero) is 1. The van der Waals surface area contributed by atoms with Crippen molar-refractivity contribution in [1.82, 2.24) is 4.98 Å². The molecule has 3 aromatic carbocycles. The van der Waals surface area contributed by atoms with Crippen molar-refractivity contribution in [2.45, 2.75) is 26.5 Å². The number of ether oxygens (including phenoxy) is 1. The summed E-state index contributed by atoms with van der Waals surface area (Å²) in [6.07, 6.45) is 0. The predicted molar refractivity (Wildman–Crippen MR) is 145 cm³/mol. The highest BCUT2D eigenvalue weighted by atomic mass is 32.1. The molecule has 0 bridgehead atoms. The first-order valence-corrected chi connectivity index (χ1v) is 12.9. The molecule has 0 fully saturated rings. The van der Waals surface area contributed by atoms with Gasteiger partial charge in [-0.15, -0.1) is 0 Å². The third-order valence-electron chi connectivity index (χ3n) is 6.51. The Morgan fingerprint density at radius 3 is 2.55 bits per heavy atom. The van der Waals surface area contributed by atoms with Crippen LogP contribution < -0.4 is 15.1 Å². The van der Waals surface area contributed by atoms with Gasteiger partial charge in [-0.2, -0.15) is 0 Å². The first kappa shape index (κ1) is 23.8. The Kier molecular flexibility index (Phi) is 5.88. The molecule has 2 aromatic heterocycles. The minimum atomic E-state index is -0.802. The Hall–Kier alpha value is -4.56. The molecule has 1 amide bonds. The molecule has 1 aliphatic rings. The standard InChI is InChI=1S/C30H22N2O5S/c1-17-28(18(2)33)38-30(31-17)32-25(20-11-8-12-21(15-20)36-16-19-9-4-3-5-10-19)24-26(34)22-13-6-7-14-23(22)37-27(24)29(32)35/h3-15,25H,16H2,1-2H3/t25-/m1/s1. The third-order valence-corrected chi connectivity index (χ3v) is 7.77. The zero-order chi connectivity index (χ0) is 26.4. The number of nitrogens with zero attached hydrogens (tertiary/aromatic N) is 2. The highest BCUT2D eigenvalue weighted by Crippen LogP contribution is 2.43. The molecule has 0 radical (unpaired) electrons. The van der Waals surface area contributed by atoms with Crippen molar-refractivity contribution in [2.24, 2.45) is 0 Å². The van der Waals surface area contributed by atoms with Crippen molar-refractivity contribution in [3.63, 3.8) is 0 Å². The number of carbonyl (C=O) groups is 2. The Morgan fingerprint density at radius 2 is 1.79 bits per heavy atom. The van der Waals surface area contributed by atoms with Crippen LogP contribution in [0.25, 0.3) is 11.0 Å². The molecule has 0 aliphatic carbocycles. The van der Waals surface area contributed by atoms with Gasteiger partial charge in [-0.25, -0.2) is 4.98 Å². The summed E-state index contributed by atoms with van der Waals surface area (Å²) in [7, 11) is 0. The second-order valence-corrected chi connectivity index (χ2v) is 10.0. The minimum absolute atomic E-state index is 0.0217. The normalized spacial score (nSPS) is 14.6. The van der Waals surface area contributed by atoms with Crippen molar-refractivity contribution in [1.29, 1.82) is 0 Å². The molecule has 3 heterocycles. The Balaban J connectivity index is 1.50. The summed E-state index contributed by atoms with van der Waals surface area (Å²) in [5, 5.41) is 0.718. The summed E-state index contributed by atoms with van der Waals surface area (Å²) < 4.78 is 12.0. The summed E-state index contributed by atoms with van der Waals surface area (Å²) in [5.41, 5.74) is 2.52. The highest BCUT2D eigenvalue weighted by Gasteiger charge is 2.45. The van der Waals surface area contributed by atoms with Gasteiger partial charge < -0.3 is 9.15 Å². The molecule has 6 rings (SSSR count). The van der Waals surface area contributed by atoms with Crippen LogP contribution in [-0.4, -0.2) is 16.7 Å². The van der Waals surface area contributed by atoms with Crippen LogP contribution in [0.1, 0.15) is 55.6 Å². The minimum Gasteiger partial charge on any atom is -0.489 e. The summed E-state index contributed by atoms with van der Waals surface area (Å²) in [6.45, 7) is 3.57. The maximum Gasteiger partial charge on any atom is 0.297 e. The molecule has 7 nitrogen and oxygen atoms in total. The number of aromatic nitrogens is 1. The topological polar surface area (TPSA) is 89.7 Å². The van der Waals surface area contributed by atoms with Crippen LogP contribution in [0, 0.1) is 6.92 Å². The maximum absolute atomic E-state index is 13.8. The Morgan fingerprint density at radius 1 is 1.03 bits per heavy atom. The second-order valence-electron chi connectivity index (χ2n) is 9.06. The lowest BCUT2D eigenvalue weighted by molar-refractivity contribution is 0.0969. The number of carbonyl (C=O) groups excluding carboxylic acids is 2. The van der Waals surface area contributed by atoms with Gasteiger partial charge in [-0.3, -0.25) is 19.3 Å². The lowest BCUT2D eigenvalue weighted by Gasteiger charge is -2.23. The van der Waals surface area contributed by atoms with E-state index in [1.807, 2.05) is 54.6 Å². The monoisotopic (exact) mass is 522 g/mol. The fourth-order valence-electron chi connectivity index (χ4n) is 4.76. The first-order chi connectivity index (χ1) is 18.4. The number of amides is 1. The average Bonchev–Trinajstić information content (AvgIpc) is 3.46. The summed E-state index contributed by atoms with van der Waals surface area (Å²) >= 11 is 1.13. The van der Waals surface area contributed by atoms with Gasteiger partial charge in [0.25, 0.3) is 5.91 Å². The summed E-state index contributed by atoms with van der Waals surface area (Å²) in [4.78, 5) is 46.2. The molecule has 1 atom stereocenters. The van der Waals surface area contributed by atoms with Crippen LogP contribution in [0.5, 0.6) is 5.75 Å². The van der Waals surface area contributed by atoms with E-state index in [-0.39, 0.29) is 22.5 Å². The molecule has 5 aromatic rings. The molecular formula is C30H22N2O5S. The molecular weight excluding hydrogens is 500 g/mol. The Labute approximate surface area is 221 Å². The maximum atomic E-state index is 13.8. The van der Waals surface area contributed by atoms with Gasteiger partial charge in [-0.1, -0.05) is 65.9 Å². The van der Waals surface area contributed by atoms with Gasteiger partial charge >= 0.3 is 0 Å². The van der Waals surface area contributed by atoms with E-state index in [9.17, 15) is 14.4 Å². The van der Waals surface area contributed by atoms with Gasteiger partial charge in [0, 0.05) is 6.92 Å². The van der Waals surface area contributed by atoms with Gasteiger partial charge in [0.15, 0.2) is 16.3 Å². The molecule has 0 saturated carbocycles. The van der Waals surface area contributed by atoms with Crippen molar-refractivity contribution in [3.05, 3.63) is 122 Å². The summed E-state index contributed by atoms with van der Waals surface area (Å²) in [5.74, 6) is -0.0424. The smallest absolute Gasteiger partial charge is 0.297 e. The van der Waals surface area contributed by atoms with Crippen molar-refractivity contribution >= 4 is 39.1 Å². The zero-order valence-electron chi connectivity index (χ0n) is 20.6. The van der Waals surface area contributed by atoms with E-state index >= 15 is 0 Å². The number of hydrogen-bond donors (Lipinski definition) is 0. The van der Waals surface area contributed by atoms with E-state index in [1.165, 1.54) is 11.8 Å². The van der Waals surface area contributed by atoms with E-state index < -0.39 is 11.9 Å². The number of fused-ring (bicyclic) bond motifs is 2. The molecule has 0 saturated heterocycles. The van der Waals surface area contributed by atoms with Crippen LogP contribution >= 0.6 is 11.3 Å². The van der Waals surface area contributed by atoms with Crippen LogP contribution in [0.2, 0.25) is 0 Å². The van der Waals surface area contributed by atoms with E-state index in [0.29, 0.717) is 44.6 Å². The van der Waals surface area contributed by atoms with Gasteiger partial charge in [0.1, 0.15) is 17.9 Å². The predicted octanol–water partition coefficient (Wildman–Crippen LogP) is 6.09. The van der Waals surface area contributed by atoms with E-state index in [4.69, 9.17) is 9.15 Å². The van der Waals surface area contributed by atoms with E-state index in [1.54, 1.807) is 31.2 Å². The molecule has 188 valence electrons. The number of anilines is 1.